The second-order valence-electron chi connectivity index (χ2n) is 5.54. The second-order valence-corrected chi connectivity index (χ2v) is 5.54. The normalized spacial score (nSPS) is 20.3. The van der Waals surface area contributed by atoms with Gasteiger partial charge in [-0.15, -0.1) is 0 Å². The van der Waals surface area contributed by atoms with Crippen molar-refractivity contribution in [3.63, 3.8) is 0 Å². The summed E-state index contributed by atoms with van der Waals surface area (Å²) < 4.78 is 11.4. The molecule has 1 aliphatic carbocycles. The van der Waals surface area contributed by atoms with Crippen molar-refractivity contribution in [1.29, 1.82) is 0 Å². The number of rotatable bonds is 4. The van der Waals surface area contributed by atoms with Gasteiger partial charge < -0.3 is 15.2 Å². The fourth-order valence-electron chi connectivity index (χ4n) is 2.51. The number of nitrogens with two attached hydrogens (primary N) is 1. The maximum Gasteiger partial charge on any atom is 0.161 e. The van der Waals surface area contributed by atoms with Crippen LogP contribution < -0.4 is 15.2 Å². The molecule has 1 aromatic carbocycles. The van der Waals surface area contributed by atoms with Gasteiger partial charge in [-0.3, -0.25) is 0 Å². The van der Waals surface area contributed by atoms with Gasteiger partial charge in [0, 0.05) is 6.42 Å². The van der Waals surface area contributed by atoms with Crippen molar-refractivity contribution >= 4 is 0 Å². The Morgan fingerprint density at radius 1 is 1.11 bits per heavy atom. The van der Waals surface area contributed by atoms with E-state index in [0.717, 1.165) is 44.1 Å². The molecule has 0 radical (unpaired) electrons. The van der Waals surface area contributed by atoms with E-state index in [1.165, 1.54) is 24.8 Å². The van der Waals surface area contributed by atoms with Gasteiger partial charge in [0.2, 0.25) is 0 Å². The number of hydrogen-bond donors (Lipinski definition) is 1. The summed E-state index contributed by atoms with van der Waals surface area (Å²) in [5, 5.41) is 0. The molecule has 0 atom stereocenters. The highest BCUT2D eigenvalue weighted by Gasteiger charge is 2.40. The maximum atomic E-state index is 5.82. The average molecular weight is 247 g/mol. The first-order valence-corrected chi connectivity index (χ1v) is 6.90. The van der Waals surface area contributed by atoms with E-state index in [1.54, 1.807) is 0 Å². The van der Waals surface area contributed by atoms with Crippen molar-refractivity contribution in [2.45, 2.75) is 32.1 Å². The molecule has 1 fully saturated rings. The van der Waals surface area contributed by atoms with Crippen LogP contribution in [0.25, 0.3) is 0 Å². The largest absolute Gasteiger partial charge is 0.490 e. The molecule has 1 aromatic rings. The molecule has 1 aliphatic heterocycles. The van der Waals surface area contributed by atoms with Gasteiger partial charge in [0.05, 0.1) is 13.2 Å². The van der Waals surface area contributed by atoms with Crippen molar-refractivity contribution in [1.82, 2.24) is 0 Å². The molecule has 0 unspecified atom stereocenters. The topological polar surface area (TPSA) is 44.5 Å². The summed E-state index contributed by atoms with van der Waals surface area (Å²) in [5.74, 6) is 1.79. The van der Waals surface area contributed by atoms with Gasteiger partial charge >= 0.3 is 0 Å². The van der Waals surface area contributed by atoms with Crippen molar-refractivity contribution in [3.8, 4) is 11.5 Å². The van der Waals surface area contributed by atoms with Crippen molar-refractivity contribution < 1.29 is 9.47 Å². The van der Waals surface area contributed by atoms with Gasteiger partial charge in [0.25, 0.3) is 0 Å². The van der Waals surface area contributed by atoms with Gasteiger partial charge in [-0.25, -0.2) is 0 Å². The molecule has 1 heterocycles. The monoisotopic (exact) mass is 247 g/mol. The highest BCUT2D eigenvalue weighted by Crippen LogP contribution is 2.48. The first kappa shape index (κ1) is 11.8. The van der Waals surface area contributed by atoms with Crippen molar-refractivity contribution in [2.75, 3.05) is 19.8 Å². The number of aryl methyl sites for hydroxylation is 1. The Bertz CT molecular complexity index is 427. The first-order valence-electron chi connectivity index (χ1n) is 6.90. The molecule has 0 aromatic heterocycles. The molecule has 3 rings (SSSR count). The Labute approximate surface area is 108 Å². The maximum absolute atomic E-state index is 5.82. The van der Waals surface area contributed by atoms with Crippen LogP contribution in [0.3, 0.4) is 0 Å². The minimum Gasteiger partial charge on any atom is -0.490 e. The predicted molar refractivity (Wildman–Crippen MR) is 71.1 cm³/mol. The van der Waals surface area contributed by atoms with E-state index in [-0.39, 0.29) is 0 Å². The van der Waals surface area contributed by atoms with Crippen LogP contribution >= 0.6 is 0 Å². The average Bonchev–Trinajstić information content (AvgIpc) is 3.20. The third-order valence-corrected chi connectivity index (χ3v) is 4.15. The molecular formula is C15H21NO2. The Hall–Kier alpha value is -1.22. The van der Waals surface area contributed by atoms with Crippen LogP contribution in [0, 0.1) is 5.41 Å². The number of hydrogen-bond acceptors (Lipinski definition) is 3. The van der Waals surface area contributed by atoms with E-state index in [0.29, 0.717) is 5.41 Å². The van der Waals surface area contributed by atoms with Gasteiger partial charge in [-0.1, -0.05) is 6.07 Å². The van der Waals surface area contributed by atoms with E-state index >= 15 is 0 Å². The zero-order valence-electron chi connectivity index (χ0n) is 10.8. The summed E-state index contributed by atoms with van der Waals surface area (Å²) in [5.41, 5.74) is 7.60. The van der Waals surface area contributed by atoms with Crippen molar-refractivity contribution in [3.05, 3.63) is 23.8 Å². The van der Waals surface area contributed by atoms with Crippen LogP contribution in [0.4, 0.5) is 0 Å². The lowest BCUT2D eigenvalue weighted by Crippen LogP contribution is -2.16. The Morgan fingerprint density at radius 2 is 1.89 bits per heavy atom. The van der Waals surface area contributed by atoms with Gasteiger partial charge in [-0.05, 0) is 55.3 Å². The smallest absolute Gasteiger partial charge is 0.161 e. The van der Waals surface area contributed by atoms with Gasteiger partial charge in [0.15, 0.2) is 11.5 Å². The number of fused-ring (bicyclic) bond motifs is 1. The lowest BCUT2D eigenvalue weighted by atomic mass is 9.97. The minimum absolute atomic E-state index is 0.449. The molecule has 0 bridgehead atoms. The summed E-state index contributed by atoms with van der Waals surface area (Å²) in [6, 6.07) is 6.32. The molecule has 1 saturated carbocycles. The molecule has 0 amide bonds. The molecule has 0 saturated heterocycles. The highest BCUT2D eigenvalue weighted by atomic mass is 16.5. The molecule has 2 aliphatic rings. The number of benzene rings is 1. The predicted octanol–water partition coefficient (Wildman–Crippen LogP) is 2.52. The Kier molecular flexibility index (Phi) is 3.16. The first-order chi connectivity index (χ1) is 8.81. The molecule has 3 heteroatoms. The molecule has 3 nitrogen and oxygen atoms in total. The zero-order chi connectivity index (χ0) is 12.4. The summed E-state index contributed by atoms with van der Waals surface area (Å²) in [7, 11) is 0. The minimum atomic E-state index is 0.449. The van der Waals surface area contributed by atoms with Crippen LogP contribution in [0.1, 0.15) is 31.2 Å². The van der Waals surface area contributed by atoms with E-state index in [2.05, 4.69) is 12.1 Å². The van der Waals surface area contributed by atoms with E-state index < -0.39 is 0 Å². The fourth-order valence-corrected chi connectivity index (χ4v) is 2.51. The molecule has 0 spiro atoms. The standard InChI is InChI=1S/C15H21NO2/c16-11-15(6-7-15)5-4-12-2-3-13-14(10-12)18-9-1-8-17-13/h2-3,10H,1,4-9,11,16H2. The SMILES string of the molecule is NCC1(CCc2ccc3c(c2)OCCCO3)CC1. The van der Waals surface area contributed by atoms with Gasteiger partial charge in [0.1, 0.15) is 0 Å². The van der Waals surface area contributed by atoms with Crippen LogP contribution in [0.5, 0.6) is 11.5 Å². The fraction of sp³-hybridized carbons (Fsp3) is 0.600. The lowest BCUT2D eigenvalue weighted by Gasteiger charge is -2.13. The molecule has 98 valence electrons. The van der Waals surface area contributed by atoms with Crippen molar-refractivity contribution in [2.24, 2.45) is 11.1 Å². The Balaban J connectivity index is 1.68. The van der Waals surface area contributed by atoms with Gasteiger partial charge in [-0.2, -0.15) is 0 Å². The summed E-state index contributed by atoms with van der Waals surface area (Å²) in [6.45, 7) is 2.34. The quantitative estimate of drug-likeness (QED) is 0.889. The highest BCUT2D eigenvalue weighted by molar-refractivity contribution is 5.43. The Morgan fingerprint density at radius 3 is 2.61 bits per heavy atom. The van der Waals surface area contributed by atoms with E-state index in [4.69, 9.17) is 15.2 Å². The van der Waals surface area contributed by atoms with Crippen LogP contribution in [0.2, 0.25) is 0 Å². The summed E-state index contributed by atoms with van der Waals surface area (Å²) in [6.07, 6.45) is 5.85. The zero-order valence-corrected chi connectivity index (χ0v) is 10.8. The van der Waals surface area contributed by atoms with Crippen LogP contribution in [0.15, 0.2) is 18.2 Å². The van der Waals surface area contributed by atoms with E-state index in [1.807, 2.05) is 6.07 Å². The molecule has 18 heavy (non-hydrogen) atoms. The lowest BCUT2D eigenvalue weighted by molar-refractivity contribution is 0.297. The van der Waals surface area contributed by atoms with Crippen LogP contribution in [-0.4, -0.2) is 19.8 Å². The summed E-state index contributed by atoms with van der Waals surface area (Å²) in [4.78, 5) is 0. The third-order valence-electron chi connectivity index (χ3n) is 4.15. The van der Waals surface area contributed by atoms with Crippen LogP contribution in [-0.2, 0) is 6.42 Å². The second kappa shape index (κ2) is 4.81. The molecular weight excluding hydrogens is 226 g/mol. The summed E-state index contributed by atoms with van der Waals surface area (Å²) >= 11 is 0. The third kappa shape index (κ3) is 2.46. The molecule has 2 N–H and O–H groups in total. The van der Waals surface area contributed by atoms with E-state index in [9.17, 15) is 0 Å². The number of ether oxygens (including phenoxy) is 2.